The summed E-state index contributed by atoms with van der Waals surface area (Å²) in [5, 5.41) is 5.77. The summed E-state index contributed by atoms with van der Waals surface area (Å²) < 4.78 is 0. The van der Waals surface area contributed by atoms with Crippen molar-refractivity contribution in [3.05, 3.63) is 69.7 Å². The van der Waals surface area contributed by atoms with Crippen LogP contribution in [0.3, 0.4) is 0 Å². The fourth-order valence-corrected chi connectivity index (χ4v) is 2.82. The quantitative estimate of drug-likeness (QED) is 0.745. The highest BCUT2D eigenvalue weighted by Crippen LogP contribution is 2.14. The number of halogens is 1. The molecule has 2 amide bonds. The number of hydrogen-bond acceptors (Lipinski definition) is 2. The van der Waals surface area contributed by atoms with Gasteiger partial charge >= 0.3 is 0 Å². The summed E-state index contributed by atoms with van der Waals surface area (Å²) in [5.74, 6) is -0.558. The minimum Gasteiger partial charge on any atom is -0.355 e. The van der Waals surface area contributed by atoms with E-state index in [1.165, 1.54) is 16.7 Å². The third kappa shape index (κ3) is 5.91. The molecule has 0 saturated carbocycles. The number of nitrogens with one attached hydrogen (secondary N) is 2. The SMILES string of the molecule is Cc1ccc(CCCNC(=O)CNC(=O)c2ccccc2Cl)c(C)c1. The van der Waals surface area contributed by atoms with Gasteiger partial charge in [-0.15, -0.1) is 0 Å². The van der Waals surface area contributed by atoms with Crippen molar-refractivity contribution >= 4 is 23.4 Å². The first kappa shape index (κ1) is 19.0. The average Bonchev–Trinajstić information content (AvgIpc) is 2.58. The summed E-state index contributed by atoms with van der Waals surface area (Å²) in [7, 11) is 0. The molecule has 0 heterocycles. The lowest BCUT2D eigenvalue weighted by Crippen LogP contribution is -2.37. The summed E-state index contributed by atoms with van der Waals surface area (Å²) in [5.41, 5.74) is 4.20. The van der Waals surface area contributed by atoms with Crippen LogP contribution in [0.25, 0.3) is 0 Å². The second kappa shape index (κ2) is 9.23. The van der Waals surface area contributed by atoms with E-state index in [0.29, 0.717) is 17.1 Å². The summed E-state index contributed by atoms with van der Waals surface area (Å²) in [6.45, 7) is 4.70. The molecule has 0 radical (unpaired) electrons. The highest BCUT2D eigenvalue weighted by Gasteiger charge is 2.10. The van der Waals surface area contributed by atoms with Crippen molar-refractivity contribution in [1.29, 1.82) is 0 Å². The van der Waals surface area contributed by atoms with E-state index in [0.717, 1.165) is 12.8 Å². The molecule has 25 heavy (non-hydrogen) atoms. The number of carbonyl (C=O) groups excluding carboxylic acids is 2. The Kier molecular flexibility index (Phi) is 7.02. The molecule has 5 heteroatoms. The van der Waals surface area contributed by atoms with Crippen LogP contribution < -0.4 is 10.6 Å². The fraction of sp³-hybridized carbons (Fsp3) is 0.300. The largest absolute Gasteiger partial charge is 0.355 e. The van der Waals surface area contributed by atoms with Gasteiger partial charge in [-0.3, -0.25) is 9.59 Å². The van der Waals surface area contributed by atoms with Gasteiger partial charge in [-0.2, -0.15) is 0 Å². The predicted molar refractivity (Wildman–Crippen MR) is 101 cm³/mol. The van der Waals surface area contributed by atoms with Crippen LogP contribution in [0.5, 0.6) is 0 Å². The monoisotopic (exact) mass is 358 g/mol. The van der Waals surface area contributed by atoms with Gasteiger partial charge in [0.2, 0.25) is 5.91 Å². The molecule has 0 aliphatic rings. The topological polar surface area (TPSA) is 58.2 Å². The first-order valence-electron chi connectivity index (χ1n) is 8.33. The summed E-state index contributed by atoms with van der Waals surface area (Å²) >= 11 is 5.96. The minimum absolute atomic E-state index is 0.0619. The first-order valence-corrected chi connectivity index (χ1v) is 8.70. The van der Waals surface area contributed by atoms with Gasteiger partial charge in [0, 0.05) is 6.54 Å². The minimum atomic E-state index is -0.351. The number of hydrogen-bond donors (Lipinski definition) is 2. The zero-order valence-electron chi connectivity index (χ0n) is 14.6. The third-order valence-electron chi connectivity index (χ3n) is 3.97. The Morgan fingerprint density at radius 3 is 2.52 bits per heavy atom. The van der Waals surface area contributed by atoms with Crippen LogP contribution in [0.4, 0.5) is 0 Å². The Bertz CT molecular complexity index is 759. The number of amides is 2. The highest BCUT2D eigenvalue weighted by molar-refractivity contribution is 6.33. The van der Waals surface area contributed by atoms with Gasteiger partial charge in [-0.1, -0.05) is 47.5 Å². The van der Waals surface area contributed by atoms with Crippen LogP contribution in [-0.4, -0.2) is 24.9 Å². The molecule has 2 rings (SSSR count). The summed E-state index contributed by atoms with van der Waals surface area (Å²) in [6, 6.07) is 13.2. The molecule has 0 aromatic heterocycles. The Hall–Kier alpha value is -2.33. The highest BCUT2D eigenvalue weighted by atomic mass is 35.5. The van der Waals surface area contributed by atoms with Crippen molar-refractivity contribution in [2.24, 2.45) is 0 Å². The molecule has 0 spiro atoms. The summed E-state index contributed by atoms with van der Waals surface area (Å²) in [4.78, 5) is 23.8. The molecule has 0 saturated heterocycles. The lowest BCUT2D eigenvalue weighted by Gasteiger charge is -2.09. The molecule has 0 bridgehead atoms. The van der Waals surface area contributed by atoms with Gasteiger partial charge < -0.3 is 10.6 Å². The van der Waals surface area contributed by atoms with Crippen LogP contribution in [0, 0.1) is 13.8 Å². The molecule has 2 aromatic rings. The molecule has 0 fully saturated rings. The van der Waals surface area contributed by atoms with Crippen LogP contribution in [0.15, 0.2) is 42.5 Å². The van der Waals surface area contributed by atoms with Crippen LogP contribution in [0.1, 0.15) is 33.5 Å². The maximum atomic E-state index is 12.0. The van der Waals surface area contributed by atoms with E-state index in [4.69, 9.17) is 11.6 Å². The smallest absolute Gasteiger partial charge is 0.253 e. The average molecular weight is 359 g/mol. The van der Waals surface area contributed by atoms with Crippen molar-refractivity contribution in [3.8, 4) is 0 Å². The van der Waals surface area contributed by atoms with Crippen molar-refractivity contribution in [2.75, 3.05) is 13.1 Å². The zero-order chi connectivity index (χ0) is 18.2. The molecule has 0 unspecified atom stereocenters. The van der Waals surface area contributed by atoms with Gasteiger partial charge in [0.05, 0.1) is 17.1 Å². The van der Waals surface area contributed by atoms with Gasteiger partial charge in [0.15, 0.2) is 0 Å². The van der Waals surface area contributed by atoms with E-state index in [9.17, 15) is 9.59 Å². The van der Waals surface area contributed by atoms with E-state index in [-0.39, 0.29) is 18.4 Å². The maximum Gasteiger partial charge on any atom is 0.253 e. The normalized spacial score (nSPS) is 10.4. The van der Waals surface area contributed by atoms with Crippen molar-refractivity contribution in [1.82, 2.24) is 10.6 Å². The zero-order valence-corrected chi connectivity index (χ0v) is 15.3. The van der Waals surface area contributed by atoms with E-state index >= 15 is 0 Å². The van der Waals surface area contributed by atoms with Crippen LogP contribution >= 0.6 is 11.6 Å². The van der Waals surface area contributed by atoms with Gasteiger partial charge in [0.25, 0.3) is 5.91 Å². The first-order chi connectivity index (χ1) is 12.0. The van der Waals surface area contributed by atoms with Gasteiger partial charge in [0.1, 0.15) is 0 Å². The predicted octanol–water partition coefficient (Wildman–Crippen LogP) is 3.44. The molecule has 132 valence electrons. The Labute approximate surface area is 153 Å². The molecule has 0 aliphatic heterocycles. The van der Waals surface area contributed by atoms with E-state index in [1.54, 1.807) is 24.3 Å². The van der Waals surface area contributed by atoms with Crippen molar-refractivity contribution in [3.63, 3.8) is 0 Å². The lowest BCUT2D eigenvalue weighted by molar-refractivity contribution is -0.120. The molecule has 0 aliphatic carbocycles. The van der Waals surface area contributed by atoms with Crippen molar-refractivity contribution in [2.45, 2.75) is 26.7 Å². The lowest BCUT2D eigenvalue weighted by atomic mass is 10.0. The standard InChI is InChI=1S/C20H23ClN2O2/c1-14-9-10-16(15(2)12-14)6-5-11-22-19(24)13-23-20(25)17-7-3-4-8-18(17)21/h3-4,7-10,12H,5-6,11,13H2,1-2H3,(H,22,24)(H,23,25). The third-order valence-corrected chi connectivity index (χ3v) is 4.30. The molecule has 2 aromatic carbocycles. The van der Waals surface area contributed by atoms with Crippen LogP contribution in [-0.2, 0) is 11.2 Å². The fourth-order valence-electron chi connectivity index (χ4n) is 2.60. The Morgan fingerprint density at radius 2 is 1.80 bits per heavy atom. The van der Waals surface area contributed by atoms with E-state index in [1.807, 2.05) is 0 Å². The Morgan fingerprint density at radius 1 is 1.04 bits per heavy atom. The van der Waals surface area contributed by atoms with E-state index < -0.39 is 0 Å². The molecule has 2 N–H and O–H groups in total. The second-order valence-electron chi connectivity index (χ2n) is 6.05. The number of aryl methyl sites for hydroxylation is 3. The van der Waals surface area contributed by atoms with Gasteiger partial charge in [-0.25, -0.2) is 0 Å². The van der Waals surface area contributed by atoms with Crippen molar-refractivity contribution < 1.29 is 9.59 Å². The second-order valence-corrected chi connectivity index (χ2v) is 6.45. The van der Waals surface area contributed by atoms with Gasteiger partial charge in [-0.05, 0) is 49.9 Å². The van der Waals surface area contributed by atoms with Crippen LogP contribution in [0.2, 0.25) is 5.02 Å². The molecule has 4 nitrogen and oxygen atoms in total. The number of carbonyl (C=O) groups is 2. The number of rotatable bonds is 7. The summed E-state index contributed by atoms with van der Waals surface area (Å²) in [6.07, 6.45) is 1.77. The molecule has 0 atom stereocenters. The Balaban J connectivity index is 1.69. The van der Waals surface area contributed by atoms with E-state index in [2.05, 4.69) is 42.7 Å². The molecular weight excluding hydrogens is 336 g/mol. The molecular formula is C20H23ClN2O2. The number of benzene rings is 2. The maximum absolute atomic E-state index is 12.0.